The van der Waals surface area contributed by atoms with Crippen molar-refractivity contribution in [3.8, 4) is 0 Å². The first kappa shape index (κ1) is 13.1. The minimum atomic E-state index is -0.587. The lowest BCUT2D eigenvalue weighted by atomic mass is 10.1. The van der Waals surface area contributed by atoms with E-state index in [0.717, 1.165) is 17.5 Å². The van der Waals surface area contributed by atoms with Crippen molar-refractivity contribution in [2.75, 3.05) is 5.32 Å². The number of nitrogens with zero attached hydrogens (tertiary/aromatic N) is 2. The normalized spacial score (nSPS) is 10.2. The Morgan fingerprint density at radius 1 is 1.53 bits per heavy atom. The summed E-state index contributed by atoms with van der Waals surface area (Å²) in [4.78, 5) is 25.5. The number of carbonyl (C=O) groups is 1. The highest BCUT2D eigenvalue weighted by atomic mass is 32.1. The summed E-state index contributed by atoms with van der Waals surface area (Å²) in [7, 11) is 0. The third kappa shape index (κ3) is 2.91. The molecular weight excluding hydrogens is 273 g/mol. The van der Waals surface area contributed by atoms with Crippen molar-refractivity contribution in [1.29, 1.82) is 0 Å². The summed E-state index contributed by atoms with van der Waals surface area (Å²) < 4.78 is 12.9. The number of aryl methyl sites for hydroxylation is 1. The fraction of sp³-hybridized carbons (Fsp3) is 0.0909. The molecule has 98 valence electrons. The number of nitro groups is 1. The van der Waals surface area contributed by atoms with Gasteiger partial charge in [0.05, 0.1) is 4.92 Å². The van der Waals surface area contributed by atoms with E-state index in [-0.39, 0.29) is 10.1 Å². The van der Waals surface area contributed by atoms with E-state index in [0.29, 0.717) is 11.1 Å². The highest BCUT2D eigenvalue weighted by Gasteiger charge is 2.15. The molecule has 0 radical (unpaired) electrons. The van der Waals surface area contributed by atoms with Crippen molar-refractivity contribution < 1.29 is 14.1 Å². The first-order valence-corrected chi connectivity index (χ1v) is 5.97. The molecule has 2 rings (SSSR count). The van der Waals surface area contributed by atoms with Crippen molar-refractivity contribution in [2.24, 2.45) is 0 Å². The summed E-state index contributed by atoms with van der Waals surface area (Å²) in [5, 5.41) is 12.9. The fourth-order valence-corrected chi connectivity index (χ4v) is 2.08. The zero-order valence-corrected chi connectivity index (χ0v) is 10.5. The number of hydrogen-bond donors (Lipinski definition) is 1. The van der Waals surface area contributed by atoms with Crippen LogP contribution in [0.1, 0.15) is 15.9 Å². The maximum Gasteiger partial charge on any atom is 0.345 e. The largest absolute Gasteiger partial charge is 0.345 e. The van der Waals surface area contributed by atoms with Gasteiger partial charge in [0.15, 0.2) is 5.13 Å². The fourth-order valence-electron chi connectivity index (χ4n) is 1.45. The smallest absolute Gasteiger partial charge is 0.298 e. The molecule has 2 aromatic rings. The van der Waals surface area contributed by atoms with Gasteiger partial charge in [-0.25, -0.2) is 9.37 Å². The Morgan fingerprint density at radius 2 is 2.26 bits per heavy atom. The molecule has 19 heavy (non-hydrogen) atoms. The first-order valence-electron chi connectivity index (χ1n) is 5.15. The number of aromatic nitrogens is 1. The summed E-state index contributed by atoms with van der Waals surface area (Å²) in [5.74, 6) is -0.916. The van der Waals surface area contributed by atoms with Crippen LogP contribution >= 0.6 is 11.3 Å². The van der Waals surface area contributed by atoms with E-state index >= 15 is 0 Å². The standard InChI is InChI=1S/C11H8FN3O3S/c1-6-4-7(12)2-3-8(6)10(16)14-11-13-5-9(19-11)15(17)18/h2-5H,1H3,(H,13,14,16). The number of rotatable bonds is 3. The SMILES string of the molecule is Cc1cc(F)ccc1C(=O)Nc1ncc([N+](=O)[O-])s1. The van der Waals surface area contributed by atoms with E-state index in [2.05, 4.69) is 10.3 Å². The van der Waals surface area contributed by atoms with Gasteiger partial charge in [-0.05, 0) is 42.0 Å². The monoisotopic (exact) mass is 281 g/mol. The molecule has 0 bridgehead atoms. The maximum atomic E-state index is 12.9. The molecule has 1 amide bonds. The molecular formula is C11H8FN3O3S. The van der Waals surface area contributed by atoms with Crippen LogP contribution in [0.5, 0.6) is 0 Å². The topological polar surface area (TPSA) is 85.1 Å². The molecule has 0 fully saturated rings. The summed E-state index contributed by atoms with van der Waals surface area (Å²) in [6.45, 7) is 1.60. The molecule has 0 aliphatic heterocycles. The molecule has 0 spiro atoms. The highest BCUT2D eigenvalue weighted by Crippen LogP contribution is 2.25. The van der Waals surface area contributed by atoms with Crippen LogP contribution < -0.4 is 5.32 Å². The summed E-state index contributed by atoms with van der Waals surface area (Å²) in [6.07, 6.45) is 1.07. The Labute approximate surface area is 111 Å². The maximum absolute atomic E-state index is 12.9. The van der Waals surface area contributed by atoms with Crippen LogP contribution in [-0.4, -0.2) is 15.8 Å². The minimum absolute atomic E-state index is 0.125. The third-order valence-corrected chi connectivity index (χ3v) is 3.19. The predicted octanol–water partition coefficient (Wildman–Crippen LogP) is 2.75. The Balaban J connectivity index is 2.18. The summed E-state index contributed by atoms with van der Waals surface area (Å²) in [5.41, 5.74) is 0.766. The average Bonchev–Trinajstić information content (AvgIpc) is 2.77. The summed E-state index contributed by atoms with van der Waals surface area (Å²) >= 11 is 0.757. The number of benzene rings is 1. The van der Waals surface area contributed by atoms with Gasteiger partial charge in [-0.1, -0.05) is 0 Å². The van der Waals surface area contributed by atoms with Crippen LogP contribution in [-0.2, 0) is 0 Å². The molecule has 0 aliphatic rings. The van der Waals surface area contributed by atoms with Crippen molar-refractivity contribution in [1.82, 2.24) is 4.98 Å². The van der Waals surface area contributed by atoms with Gasteiger partial charge in [-0.15, -0.1) is 0 Å². The van der Waals surface area contributed by atoms with E-state index in [1.807, 2.05) is 0 Å². The van der Waals surface area contributed by atoms with E-state index in [9.17, 15) is 19.3 Å². The van der Waals surface area contributed by atoms with Crippen molar-refractivity contribution in [3.05, 3.63) is 51.5 Å². The van der Waals surface area contributed by atoms with Crippen molar-refractivity contribution in [2.45, 2.75) is 6.92 Å². The number of anilines is 1. The zero-order valence-electron chi connectivity index (χ0n) is 9.71. The van der Waals surface area contributed by atoms with Gasteiger partial charge in [0.25, 0.3) is 5.91 Å². The lowest BCUT2D eigenvalue weighted by Crippen LogP contribution is -2.13. The van der Waals surface area contributed by atoms with Gasteiger partial charge < -0.3 is 0 Å². The van der Waals surface area contributed by atoms with Gasteiger partial charge in [-0.3, -0.25) is 20.2 Å². The number of carbonyl (C=O) groups excluding carboxylic acids is 1. The Kier molecular flexibility index (Phi) is 3.52. The van der Waals surface area contributed by atoms with E-state index in [1.54, 1.807) is 6.92 Å². The van der Waals surface area contributed by atoms with Gasteiger partial charge in [0.1, 0.15) is 12.0 Å². The first-order chi connectivity index (χ1) is 8.97. The van der Waals surface area contributed by atoms with Gasteiger partial charge in [-0.2, -0.15) is 0 Å². The van der Waals surface area contributed by atoms with Gasteiger partial charge in [0.2, 0.25) is 0 Å². The van der Waals surface area contributed by atoms with Gasteiger partial charge in [0, 0.05) is 5.56 Å². The minimum Gasteiger partial charge on any atom is -0.298 e. The molecule has 1 N–H and O–H groups in total. The highest BCUT2D eigenvalue weighted by molar-refractivity contribution is 7.18. The van der Waals surface area contributed by atoms with Crippen LogP contribution in [0.3, 0.4) is 0 Å². The van der Waals surface area contributed by atoms with Crippen LogP contribution in [0.15, 0.2) is 24.4 Å². The number of halogens is 1. The average molecular weight is 281 g/mol. The number of thiazole rings is 1. The molecule has 1 aromatic heterocycles. The number of hydrogen-bond acceptors (Lipinski definition) is 5. The second-order valence-electron chi connectivity index (χ2n) is 3.67. The van der Waals surface area contributed by atoms with Crippen LogP contribution in [0.2, 0.25) is 0 Å². The molecule has 0 saturated heterocycles. The van der Waals surface area contributed by atoms with E-state index in [4.69, 9.17) is 0 Å². The molecule has 8 heteroatoms. The molecule has 0 atom stereocenters. The van der Waals surface area contributed by atoms with Crippen LogP contribution in [0, 0.1) is 22.9 Å². The second kappa shape index (κ2) is 5.11. The molecule has 1 aromatic carbocycles. The van der Waals surface area contributed by atoms with Gasteiger partial charge >= 0.3 is 5.00 Å². The molecule has 0 aliphatic carbocycles. The zero-order chi connectivity index (χ0) is 14.0. The summed E-state index contributed by atoms with van der Waals surface area (Å²) in [6, 6.07) is 3.76. The third-order valence-electron chi connectivity index (χ3n) is 2.33. The lowest BCUT2D eigenvalue weighted by molar-refractivity contribution is -0.380. The molecule has 0 saturated carbocycles. The lowest BCUT2D eigenvalue weighted by Gasteiger charge is -2.04. The van der Waals surface area contributed by atoms with Crippen molar-refractivity contribution in [3.63, 3.8) is 0 Å². The van der Waals surface area contributed by atoms with E-state index in [1.165, 1.54) is 18.2 Å². The van der Waals surface area contributed by atoms with Crippen molar-refractivity contribution >= 4 is 27.4 Å². The van der Waals surface area contributed by atoms with Crippen LogP contribution in [0.4, 0.5) is 14.5 Å². The number of nitrogens with one attached hydrogen (secondary N) is 1. The Bertz CT molecular complexity index is 656. The Morgan fingerprint density at radius 3 is 2.84 bits per heavy atom. The second-order valence-corrected chi connectivity index (χ2v) is 4.68. The molecule has 6 nitrogen and oxygen atoms in total. The molecule has 1 heterocycles. The number of amides is 1. The predicted molar refractivity (Wildman–Crippen MR) is 67.9 cm³/mol. The quantitative estimate of drug-likeness (QED) is 0.692. The molecule has 0 unspecified atom stereocenters. The van der Waals surface area contributed by atoms with Crippen LogP contribution in [0.25, 0.3) is 0 Å². The Hall–Kier alpha value is -2.35. The van der Waals surface area contributed by atoms with E-state index < -0.39 is 16.6 Å².